The van der Waals surface area contributed by atoms with Gasteiger partial charge in [-0.15, -0.1) is 0 Å². The molecule has 1 aliphatic heterocycles. The summed E-state index contributed by atoms with van der Waals surface area (Å²) in [4.78, 5) is 73.1. The number of ether oxygens (including phenoxy) is 3. The van der Waals surface area contributed by atoms with Crippen molar-refractivity contribution in [1.82, 2.24) is 24.9 Å². The van der Waals surface area contributed by atoms with Crippen molar-refractivity contribution >= 4 is 36.1 Å². The molecule has 0 aromatic rings. The molecule has 1 fully saturated rings. The van der Waals surface area contributed by atoms with Gasteiger partial charge in [-0.1, -0.05) is 20.3 Å². The number of hydrogen-bond acceptors (Lipinski definition) is 13. The fourth-order valence-electron chi connectivity index (χ4n) is 4.74. The van der Waals surface area contributed by atoms with E-state index in [1.807, 2.05) is 13.8 Å². The molecule has 1 heterocycles. The van der Waals surface area contributed by atoms with Crippen LogP contribution in [-0.2, 0) is 43.0 Å². The highest BCUT2D eigenvalue weighted by atomic mass is 16.5. The van der Waals surface area contributed by atoms with Crippen LogP contribution in [0.2, 0.25) is 0 Å². The predicted molar refractivity (Wildman–Crippen MR) is 177 cm³/mol. The van der Waals surface area contributed by atoms with Crippen LogP contribution in [0, 0.1) is 0 Å². The van der Waals surface area contributed by atoms with E-state index in [4.69, 9.17) is 19.3 Å². The molecule has 0 aliphatic carbocycles. The van der Waals surface area contributed by atoms with Gasteiger partial charge in [0.15, 0.2) is 0 Å². The largest absolute Gasteiger partial charge is 0.480 e. The van der Waals surface area contributed by atoms with Crippen molar-refractivity contribution in [2.75, 3.05) is 118 Å². The first-order valence-electron chi connectivity index (χ1n) is 16.6. The van der Waals surface area contributed by atoms with Crippen LogP contribution in [0.15, 0.2) is 0 Å². The molecule has 49 heavy (non-hydrogen) atoms. The molecular formula is C31H57N5O13. The van der Waals surface area contributed by atoms with E-state index in [9.17, 15) is 44.1 Å². The third kappa shape index (κ3) is 26.3. The molecule has 0 bridgehead atoms. The van der Waals surface area contributed by atoms with Gasteiger partial charge in [-0.05, 0) is 6.42 Å². The number of amides is 1. The summed E-state index contributed by atoms with van der Waals surface area (Å²) in [5.41, 5.74) is 0. The molecule has 1 saturated heterocycles. The number of rotatable bonds is 24. The third-order valence-electron chi connectivity index (χ3n) is 7.37. The third-order valence-corrected chi connectivity index (χ3v) is 7.37. The first-order chi connectivity index (χ1) is 23.4. The Labute approximate surface area is 288 Å². The molecular weight excluding hydrogens is 650 g/mol. The monoisotopic (exact) mass is 707 g/mol. The SMILES string of the molecule is CCC(=O)CCOCCOCCOCCNC=O.CCCC(C(=O)O)N1CCN(CC(=O)O)CCN(CC(=O)O)CCN(CC(=O)O)CC1. The van der Waals surface area contributed by atoms with E-state index in [0.29, 0.717) is 131 Å². The van der Waals surface area contributed by atoms with E-state index < -0.39 is 29.9 Å². The second-order valence-corrected chi connectivity index (χ2v) is 11.2. The molecule has 0 spiro atoms. The minimum Gasteiger partial charge on any atom is -0.480 e. The summed E-state index contributed by atoms with van der Waals surface area (Å²) < 4.78 is 15.7. The van der Waals surface area contributed by atoms with Gasteiger partial charge >= 0.3 is 23.9 Å². The van der Waals surface area contributed by atoms with E-state index in [1.54, 1.807) is 19.6 Å². The molecule has 0 aromatic carbocycles. The van der Waals surface area contributed by atoms with Crippen molar-refractivity contribution in [2.24, 2.45) is 0 Å². The Morgan fingerprint density at radius 3 is 1.43 bits per heavy atom. The van der Waals surface area contributed by atoms with E-state index >= 15 is 0 Å². The van der Waals surface area contributed by atoms with Gasteiger partial charge in [0.25, 0.3) is 0 Å². The van der Waals surface area contributed by atoms with Crippen LogP contribution in [0.3, 0.4) is 0 Å². The number of carboxylic acid groups (broad SMARTS) is 4. The van der Waals surface area contributed by atoms with Gasteiger partial charge in [0.1, 0.15) is 11.8 Å². The minimum absolute atomic E-state index is 0.216. The van der Waals surface area contributed by atoms with Gasteiger partial charge in [-0.25, -0.2) is 0 Å². The molecule has 1 aliphatic rings. The Kier molecular flexibility index (Phi) is 27.7. The second kappa shape index (κ2) is 29.6. The summed E-state index contributed by atoms with van der Waals surface area (Å²) in [6.45, 7) is 8.92. The maximum Gasteiger partial charge on any atom is 0.320 e. The Morgan fingerprint density at radius 1 is 0.653 bits per heavy atom. The Morgan fingerprint density at radius 2 is 1.06 bits per heavy atom. The zero-order chi connectivity index (χ0) is 36.9. The van der Waals surface area contributed by atoms with Gasteiger partial charge in [0.2, 0.25) is 6.41 Å². The van der Waals surface area contributed by atoms with Gasteiger partial charge in [-0.2, -0.15) is 0 Å². The predicted octanol–water partition coefficient (Wildman–Crippen LogP) is -1.13. The Hall–Kier alpha value is -3.26. The number of ketones is 1. The molecule has 1 rings (SSSR count). The number of carbonyl (C=O) groups is 6. The van der Waals surface area contributed by atoms with E-state index in [-0.39, 0.29) is 25.4 Å². The minimum atomic E-state index is -1.02. The van der Waals surface area contributed by atoms with Crippen LogP contribution in [0.5, 0.6) is 0 Å². The van der Waals surface area contributed by atoms with Crippen LogP contribution < -0.4 is 5.32 Å². The van der Waals surface area contributed by atoms with Gasteiger partial charge in [-0.3, -0.25) is 48.4 Å². The maximum absolute atomic E-state index is 11.8. The molecule has 284 valence electrons. The van der Waals surface area contributed by atoms with Crippen molar-refractivity contribution in [3.63, 3.8) is 0 Å². The quantitative estimate of drug-likeness (QED) is 0.0589. The summed E-state index contributed by atoms with van der Waals surface area (Å²) in [5.74, 6) is -3.79. The lowest BCUT2D eigenvalue weighted by Gasteiger charge is -2.35. The lowest BCUT2D eigenvalue weighted by atomic mass is 10.1. The number of Topliss-reactive ketones (excluding diaryl/α,β-unsaturated/α-hetero) is 1. The van der Waals surface area contributed by atoms with Crippen molar-refractivity contribution in [1.29, 1.82) is 0 Å². The molecule has 0 saturated carbocycles. The lowest BCUT2D eigenvalue weighted by molar-refractivity contribution is -0.145. The summed E-state index contributed by atoms with van der Waals surface area (Å²) in [5, 5.41) is 39.7. The zero-order valence-electron chi connectivity index (χ0n) is 29.0. The first-order valence-corrected chi connectivity index (χ1v) is 16.6. The normalized spacial score (nSPS) is 16.3. The van der Waals surface area contributed by atoms with Crippen molar-refractivity contribution in [3.8, 4) is 0 Å². The van der Waals surface area contributed by atoms with E-state index in [2.05, 4.69) is 5.32 Å². The number of nitrogens with one attached hydrogen (secondary N) is 1. The van der Waals surface area contributed by atoms with Crippen LogP contribution in [0.4, 0.5) is 0 Å². The average Bonchev–Trinajstić information content (AvgIpc) is 3.03. The highest BCUT2D eigenvalue weighted by molar-refractivity contribution is 5.78. The van der Waals surface area contributed by atoms with Crippen molar-refractivity contribution in [2.45, 2.75) is 45.6 Å². The van der Waals surface area contributed by atoms with Crippen LogP contribution >= 0.6 is 0 Å². The molecule has 0 aromatic heterocycles. The van der Waals surface area contributed by atoms with E-state index in [0.717, 1.165) is 0 Å². The number of nitrogens with zero attached hydrogens (tertiary/aromatic N) is 4. The Balaban J connectivity index is 0.00000109. The van der Waals surface area contributed by atoms with Gasteiger partial charge < -0.3 is 40.0 Å². The van der Waals surface area contributed by atoms with Crippen LogP contribution in [-0.4, -0.2) is 200 Å². The number of carbonyl (C=O) groups excluding carboxylic acids is 2. The molecule has 1 atom stereocenters. The van der Waals surface area contributed by atoms with Gasteiger partial charge in [0, 0.05) is 71.7 Å². The molecule has 1 amide bonds. The highest BCUT2D eigenvalue weighted by Gasteiger charge is 2.27. The highest BCUT2D eigenvalue weighted by Crippen LogP contribution is 2.10. The number of aliphatic carboxylic acids is 4. The topological polar surface area (TPSA) is 236 Å². The smallest absolute Gasteiger partial charge is 0.320 e. The summed E-state index contributed by atoms with van der Waals surface area (Å²) in [6.07, 6.45) is 2.77. The fraction of sp³-hybridized carbons (Fsp3) is 0.806. The van der Waals surface area contributed by atoms with E-state index in [1.165, 1.54) is 0 Å². The number of carboxylic acids is 4. The second-order valence-electron chi connectivity index (χ2n) is 11.2. The van der Waals surface area contributed by atoms with Crippen LogP contribution in [0.1, 0.15) is 39.5 Å². The molecule has 18 heteroatoms. The van der Waals surface area contributed by atoms with Crippen LogP contribution in [0.25, 0.3) is 0 Å². The number of hydrogen-bond donors (Lipinski definition) is 5. The van der Waals surface area contributed by atoms with Crippen molar-refractivity contribution in [3.05, 3.63) is 0 Å². The maximum atomic E-state index is 11.8. The lowest BCUT2D eigenvalue weighted by Crippen LogP contribution is -2.51. The standard InChI is InChI=1S/C19H34N4O8.C12H23NO5/c1-2-3-15(19(30)31)23-10-8-21(13-17(26)27)6-4-20(12-16(24)25)5-7-22(9-11-23)14-18(28)29;1-2-12(15)3-5-16-7-9-18-10-8-17-6-4-13-11-14/h15H,2-14H2,1H3,(H,24,25)(H,26,27)(H,28,29)(H,30,31);11H,2-10H2,1H3,(H,13,14). The summed E-state index contributed by atoms with van der Waals surface area (Å²) >= 11 is 0. The molecule has 0 radical (unpaired) electrons. The molecule has 5 N–H and O–H groups in total. The average molecular weight is 708 g/mol. The summed E-state index contributed by atoms with van der Waals surface area (Å²) in [6, 6.07) is -0.741. The summed E-state index contributed by atoms with van der Waals surface area (Å²) in [7, 11) is 0. The Bertz CT molecular complexity index is 927. The first kappa shape index (κ1) is 45.7. The van der Waals surface area contributed by atoms with Crippen molar-refractivity contribution < 1.29 is 63.4 Å². The fourth-order valence-corrected chi connectivity index (χ4v) is 4.74. The molecule has 18 nitrogen and oxygen atoms in total. The molecule has 1 unspecified atom stereocenters. The van der Waals surface area contributed by atoms with Gasteiger partial charge in [0.05, 0.1) is 59.3 Å². The zero-order valence-corrected chi connectivity index (χ0v) is 29.0.